The summed E-state index contributed by atoms with van der Waals surface area (Å²) in [5.41, 5.74) is 2.79. The first kappa shape index (κ1) is 26.4. The van der Waals surface area contributed by atoms with Gasteiger partial charge in [0, 0.05) is 18.3 Å². The van der Waals surface area contributed by atoms with Crippen LogP contribution in [0.4, 0.5) is 5.69 Å². The van der Waals surface area contributed by atoms with Gasteiger partial charge in [-0.15, -0.1) is 0 Å². The Hall–Kier alpha value is -2.71. The maximum Gasteiger partial charge on any atom is 0.338 e. The lowest BCUT2D eigenvalue weighted by molar-refractivity contribution is -0.119. The Labute approximate surface area is 214 Å². The standard InChI is InChI=1S/C28H36N2O5S/c1-6-20-10-7-9-19(2)25(20)29-24(31)16-35-26(32)21-11-8-12-23(13-21)36(33,34)30-18-28(5)15-22(30)14-27(3,4)17-28/h7-13,22H,6,14-18H2,1-5H3,(H,29,31). The molecule has 36 heavy (non-hydrogen) atoms. The van der Waals surface area contributed by atoms with Crippen LogP contribution >= 0.6 is 0 Å². The number of fused-ring (bicyclic) bond motifs is 2. The van der Waals surface area contributed by atoms with Crippen LogP contribution in [0.15, 0.2) is 47.4 Å². The summed E-state index contributed by atoms with van der Waals surface area (Å²) in [4.78, 5) is 25.2. The van der Waals surface area contributed by atoms with E-state index in [1.165, 1.54) is 24.3 Å². The summed E-state index contributed by atoms with van der Waals surface area (Å²) in [6, 6.07) is 11.6. The highest BCUT2D eigenvalue weighted by molar-refractivity contribution is 7.89. The molecule has 4 rings (SSSR count). The molecule has 2 bridgehead atoms. The van der Waals surface area contributed by atoms with Gasteiger partial charge in [-0.25, -0.2) is 13.2 Å². The molecular formula is C28H36N2O5S. The summed E-state index contributed by atoms with van der Waals surface area (Å²) >= 11 is 0. The average molecular weight is 513 g/mol. The van der Waals surface area contributed by atoms with Gasteiger partial charge < -0.3 is 10.1 Å². The second-order valence-corrected chi connectivity index (χ2v) is 13.3. The molecule has 2 fully saturated rings. The van der Waals surface area contributed by atoms with Crippen molar-refractivity contribution < 1.29 is 22.7 Å². The van der Waals surface area contributed by atoms with Crippen molar-refractivity contribution in [2.75, 3.05) is 18.5 Å². The van der Waals surface area contributed by atoms with E-state index in [4.69, 9.17) is 4.74 Å². The summed E-state index contributed by atoms with van der Waals surface area (Å²) in [5.74, 6) is -1.19. The third-order valence-electron chi connectivity index (χ3n) is 7.38. The highest BCUT2D eigenvalue weighted by Gasteiger charge is 2.53. The molecule has 1 saturated heterocycles. The maximum atomic E-state index is 13.6. The minimum Gasteiger partial charge on any atom is -0.452 e. The fourth-order valence-corrected chi connectivity index (χ4v) is 8.02. The summed E-state index contributed by atoms with van der Waals surface area (Å²) in [6.07, 6.45) is 3.42. The highest BCUT2D eigenvalue weighted by atomic mass is 32.2. The Morgan fingerprint density at radius 1 is 1.11 bits per heavy atom. The lowest BCUT2D eigenvalue weighted by Crippen LogP contribution is -2.37. The van der Waals surface area contributed by atoms with Crippen LogP contribution in [0.2, 0.25) is 0 Å². The number of hydrogen-bond donors (Lipinski definition) is 1. The Balaban J connectivity index is 1.45. The molecule has 1 heterocycles. The fraction of sp³-hybridized carbons (Fsp3) is 0.500. The van der Waals surface area contributed by atoms with Crippen LogP contribution in [0.3, 0.4) is 0 Å². The van der Waals surface area contributed by atoms with Gasteiger partial charge in [0.05, 0.1) is 10.5 Å². The molecule has 1 N–H and O–H groups in total. The summed E-state index contributed by atoms with van der Waals surface area (Å²) < 4.78 is 34.0. The number of aryl methyl sites for hydroxylation is 2. The number of hydrogen-bond acceptors (Lipinski definition) is 5. The van der Waals surface area contributed by atoms with Crippen LogP contribution < -0.4 is 5.32 Å². The van der Waals surface area contributed by atoms with E-state index in [0.717, 1.165) is 42.5 Å². The summed E-state index contributed by atoms with van der Waals surface area (Å²) in [7, 11) is -3.78. The van der Waals surface area contributed by atoms with E-state index in [1.54, 1.807) is 4.31 Å². The SMILES string of the molecule is CCc1cccc(C)c1NC(=O)COC(=O)c1cccc(S(=O)(=O)N2CC3(C)CC2CC(C)(C)C3)c1. The van der Waals surface area contributed by atoms with E-state index in [1.807, 2.05) is 32.0 Å². The lowest BCUT2D eigenvalue weighted by atomic mass is 9.65. The van der Waals surface area contributed by atoms with Crippen molar-refractivity contribution in [2.45, 2.75) is 71.2 Å². The zero-order chi connectivity index (χ0) is 26.3. The van der Waals surface area contributed by atoms with Crippen LogP contribution in [0.25, 0.3) is 0 Å². The van der Waals surface area contributed by atoms with Crippen molar-refractivity contribution in [1.29, 1.82) is 0 Å². The van der Waals surface area contributed by atoms with Gasteiger partial charge >= 0.3 is 5.97 Å². The van der Waals surface area contributed by atoms with Crippen molar-refractivity contribution in [2.24, 2.45) is 10.8 Å². The number of sulfonamides is 1. The van der Waals surface area contributed by atoms with Gasteiger partial charge in [-0.05, 0) is 72.8 Å². The minimum atomic E-state index is -3.78. The largest absolute Gasteiger partial charge is 0.452 e. The molecule has 0 aromatic heterocycles. The molecule has 2 aromatic rings. The zero-order valence-electron chi connectivity index (χ0n) is 21.8. The molecule has 0 spiro atoms. The van der Waals surface area contributed by atoms with Crippen molar-refractivity contribution >= 4 is 27.6 Å². The van der Waals surface area contributed by atoms with Crippen LogP contribution in [0, 0.1) is 17.8 Å². The van der Waals surface area contributed by atoms with Gasteiger partial charge in [0.1, 0.15) is 0 Å². The van der Waals surface area contributed by atoms with E-state index in [0.29, 0.717) is 6.54 Å². The summed E-state index contributed by atoms with van der Waals surface area (Å²) in [6.45, 7) is 10.5. The molecule has 0 radical (unpaired) electrons. The van der Waals surface area contributed by atoms with Gasteiger partial charge in [-0.1, -0.05) is 52.0 Å². The smallest absolute Gasteiger partial charge is 0.338 e. The molecule has 7 nitrogen and oxygen atoms in total. The van der Waals surface area contributed by atoms with E-state index < -0.39 is 28.5 Å². The third-order valence-corrected chi connectivity index (χ3v) is 9.28. The van der Waals surface area contributed by atoms with Crippen molar-refractivity contribution in [1.82, 2.24) is 4.31 Å². The van der Waals surface area contributed by atoms with Gasteiger partial charge in [0.15, 0.2) is 6.61 Å². The average Bonchev–Trinajstić information content (AvgIpc) is 3.08. The maximum absolute atomic E-state index is 13.6. The number of para-hydroxylation sites is 1. The number of ether oxygens (including phenoxy) is 1. The molecule has 8 heteroatoms. The molecule has 1 aliphatic heterocycles. The van der Waals surface area contributed by atoms with Crippen molar-refractivity contribution in [3.8, 4) is 0 Å². The zero-order valence-corrected chi connectivity index (χ0v) is 22.6. The third kappa shape index (κ3) is 5.34. The molecule has 2 aromatic carbocycles. The minimum absolute atomic E-state index is 0.0435. The molecule has 2 unspecified atom stereocenters. The fourth-order valence-electron chi connectivity index (χ4n) is 6.20. The molecule has 194 valence electrons. The lowest BCUT2D eigenvalue weighted by Gasteiger charge is -2.39. The normalized spacial score (nSPS) is 23.3. The molecule has 2 atom stereocenters. The van der Waals surface area contributed by atoms with Gasteiger partial charge in [0.25, 0.3) is 5.91 Å². The van der Waals surface area contributed by atoms with Gasteiger partial charge in [-0.2, -0.15) is 4.31 Å². The predicted molar refractivity (Wildman–Crippen MR) is 139 cm³/mol. The van der Waals surface area contributed by atoms with Crippen LogP contribution in [0.5, 0.6) is 0 Å². The second kappa shape index (κ2) is 9.63. The number of carbonyl (C=O) groups is 2. The van der Waals surface area contributed by atoms with E-state index in [-0.39, 0.29) is 27.3 Å². The molecule has 1 amide bonds. The molecule has 1 saturated carbocycles. The number of benzene rings is 2. The second-order valence-electron chi connectivity index (χ2n) is 11.4. The van der Waals surface area contributed by atoms with E-state index >= 15 is 0 Å². The molecular weight excluding hydrogens is 476 g/mol. The summed E-state index contributed by atoms with van der Waals surface area (Å²) in [5, 5.41) is 2.82. The Morgan fingerprint density at radius 3 is 2.56 bits per heavy atom. The quantitative estimate of drug-likeness (QED) is 0.531. The number of nitrogens with one attached hydrogen (secondary N) is 1. The van der Waals surface area contributed by atoms with Crippen LogP contribution in [-0.4, -0.2) is 43.8 Å². The number of nitrogens with zero attached hydrogens (tertiary/aromatic N) is 1. The Bertz CT molecular complexity index is 1290. The molecule has 2 aliphatic rings. The van der Waals surface area contributed by atoms with Gasteiger partial charge in [-0.3, -0.25) is 4.79 Å². The number of anilines is 1. The number of carbonyl (C=O) groups excluding carboxylic acids is 2. The number of rotatable bonds is 7. The number of esters is 1. The first-order chi connectivity index (χ1) is 16.8. The Morgan fingerprint density at radius 2 is 1.83 bits per heavy atom. The first-order valence-corrected chi connectivity index (χ1v) is 13.9. The monoisotopic (exact) mass is 512 g/mol. The Kier molecular flexibility index (Phi) is 7.05. The van der Waals surface area contributed by atoms with E-state index in [9.17, 15) is 18.0 Å². The van der Waals surface area contributed by atoms with Crippen LogP contribution in [-0.2, 0) is 26.0 Å². The highest BCUT2D eigenvalue weighted by Crippen LogP contribution is 2.53. The number of amides is 1. The first-order valence-electron chi connectivity index (χ1n) is 12.5. The van der Waals surface area contributed by atoms with E-state index in [2.05, 4.69) is 26.1 Å². The van der Waals surface area contributed by atoms with Crippen molar-refractivity contribution in [3.63, 3.8) is 0 Å². The van der Waals surface area contributed by atoms with Crippen molar-refractivity contribution in [3.05, 3.63) is 59.2 Å². The van der Waals surface area contributed by atoms with Gasteiger partial charge in [0.2, 0.25) is 10.0 Å². The topological polar surface area (TPSA) is 92.8 Å². The molecule has 1 aliphatic carbocycles. The van der Waals surface area contributed by atoms with Crippen LogP contribution in [0.1, 0.15) is 68.4 Å². The predicted octanol–water partition coefficient (Wildman–Crippen LogP) is 4.94.